The minimum Gasteiger partial charge on any atom is -0.351 e. The zero-order valence-corrected chi connectivity index (χ0v) is 13.5. The van der Waals surface area contributed by atoms with Crippen LogP contribution in [0, 0.1) is 25.2 Å². The van der Waals surface area contributed by atoms with Gasteiger partial charge in [-0.05, 0) is 31.5 Å². The number of nitriles is 1. The number of anilines is 1. The molecule has 2 aromatic heterocycles. The van der Waals surface area contributed by atoms with E-state index in [2.05, 4.69) is 37.1 Å². The van der Waals surface area contributed by atoms with Crippen molar-refractivity contribution in [1.82, 2.24) is 20.1 Å². The van der Waals surface area contributed by atoms with E-state index in [9.17, 15) is 5.26 Å². The third-order valence-corrected chi connectivity index (χ3v) is 4.33. The number of hydrogen-bond acceptors (Lipinski definition) is 6. The summed E-state index contributed by atoms with van der Waals surface area (Å²) < 4.78 is 0. The van der Waals surface area contributed by atoms with Gasteiger partial charge in [-0.15, -0.1) is 5.10 Å². The van der Waals surface area contributed by atoms with Gasteiger partial charge in [0.05, 0.1) is 11.4 Å². The molecule has 0 aliphatic carbocycles. The Morgan fingerprint density at radius 2 is 1.91 bits per heavy atom. The van der Waals surface area contributed by atoms with Crippen molar-refractivity contribution in [2.45, 2.75) is 20.4 Å². The van der Waals surface area contributed by atoms with Crippen LogP contribution in [0.25, 0.3) is 0 Å². The summed E-state index contributed by atoms with van der Waals surface area (Å²) in [5.74, 6) is 0.716. The molecule has 0 saturated carbocycles. The standard InChI is InChI=1S/C17H20N6/c1-13-14(2)20-21-17(16(13)11-18)23-9-7-22(8-10-23)12-15-5-3-4-6-19-15/h3-6H,7-10,12H2,1-2H3. The average molecular weight is 308 g/mol. The van der Waals surface area contributed by atoms with E-state index in [4.69, 9.17) is 0 Å². The maximum Gasteiger partial charge on any atom is 0.169 e. The third kappa shape index (κ3) is 3.30. The molecule has 1 saturated heterocycles. The molecule has 2 aromatic rings. The predicted molar refractivity (Wildman–Crippen MR) is 87.9 cm³/mol. The molecule has 0 radical (unpaired) electrons. The molecule has 0 atom stereocenters. The highest BCUT2D eigenvalue weighted by molar-refractivity contribution is 5.57. The fraction of sp³-hybridized carbons (Fsp3) is 0.412. The second-order valence-corrected chi connectivity index (χ2v) is 5.81. The fourth-order valence-corrected chi connectivity index (χ4v) is 2.79. The second-order valence-electron chi connectivity index (χ2n) is 5.81. The summed E-state index contributed by atoms with van der Waals surface area (Å²) >= 11 is 0. The lowest BCUT2D eigenvalue weighted by atomic mass is 10.1. The lowest BCUT2D eigenvalue weighted by Crippen LogP contribution is -2.46. The first kappa shape index (κ1) is 15.4. The Kier molecular flexibility index (Phi) is 4.49. The Morgan fingerprint density at radius 1 is 1.13 bits per heavy atom. The van der Waals surface area contributed by atoms with Crippen LogP contribution < -0.4 is 4.90 Å². The molecular weight excluding hydrogens is 288 g/mol. The average Bonchev–Trinajstić information content (AvgIpc) is 2.59. The van der Waals surface area contributed by atoms with Crippen LogP contribution in [-0.2, 0) is 6.54 Å². The molecule has 0 unspecified atom stereocenters. The molecule has 0 bridgehead atoms. The van der Waals surface area contributed by atoms with Crippen LogP contribution in [0.15, 0.2) is 24.4 Å². The van der Waals surface area contributed by atoms with Gasteiger partial charge in [0.25, 0.3) is 0 Å². The molecule has 3 heterocycles. The quantitative estimate of drug-likeness (QED) is 0.859. The molecule has 1 aliphatic rings. The molecule has 23 heavy (non-hydrogen) atoms. The number of hydrogen-bond donors (Lipinski definition) is 0. The van der Waals surface area contributed by atoms with Gasteiger partial charge in [0, 0.05) is 38.9 Å². The van der Waals surface area contributed by atoms with E-state index in [1.807, 2.05) is 32.2 Å². The van der Waals surface area contributed by atoms with Crippen molar-refractivity contribution in [2.75, 3.05) is 31.1 Å². The van der Waals surface area contributed by atoms with Crippen LogP contribution in [0.4, 0.5) is 5.82 Å². The fourth-order valence-electron chi connectivity index (χ4n) is 2.79. The van der Waals surface area contributed by atoms with Crippen LogP contribution in [0.3, 0.4) is 0 Å². The van der Waals surface area contributed by atoms with E-state index in [1.54, 1.807) is 0 Å². The van der Waals surface area contributed by atoms with Crippen molar-refractivity contribution in [3.8, 4) is 6.07 Å². The Morgan fingerprint density at radius 3 is 2.57 bits per heavy atom. The third-order valence-electron chi connectivity index (χ3n) is 4.33. The van der Waals surface area contributed by atoms with Crippen molar-refractivity contribution in [3.05, 3.63) is 46.9 Å². The van der Waals surface area contributed by atoms with Gasteiger partial charge < -0.3 is 4.90 Å². The molecule has 3 rings (SSSR count). The van der Waals surface area contributed by atoms with E-state index in [0.717, 1.165) is 49.7 Å². The summed E-state index contributed by atoms with van der Waals surface area (Å²) in [6.45, 7) is 8.23. The highest BCUT2D eigenvalue weighted by atomic mass is 15.3. The number of aromatic nitrogens is 3. The first-order valence-electron chi connectivity index (χ1n) is 7.80. The molecule has 0 N–H and O–H groups in total. The molecule has 0 aromatic carbocycles. The van der Waals surface area contributed by atoms with Crippen molar-refractivity contribution < 1.29 is 0 Å². The van der Waals surface area contributed by atoms with Gasteiger partial charge in [-0.2, -0.15) is 10.4 Å². The van der Waals surface area contributed by atoms with Crippen molar-refractivity contribution >= 4 is 5.82 Å². The summed E-state index contributed by atoms with van der Waals surface area (Å²) in [5, 5.41) is 17.9. The predicted octanol–water partition coefficient (Wildman–Crippen LogP) is 1.68. The van der Waals surface area contributed by atoms with Crippen LogP contribution in [0.2, 0.25) is 0 Å². The number of pyridine rings is 1. The number of aryl methyl sites for hydroxylation is 1. The van der Waals surface area contributed by atoms with Gasteiger partial charge in [0.15, 0.2) is 5.82 Å². The first-order chi connectivity index (χ1) is 11.2. The van der Waals surface area contributed by atoms with E-state index in [-0.39, 0.29) is 0 Å². The molecule has 6 heteroatoms. The van der Waals surface area contributed by atoms with Gasteiger partial charge in [0.2, 0.25) is 0 Å². The summed E-state index contributed by atoms with van der Waals surface area (Å²) in [4.78, 5) is 8.91. The van der Waals surface area contributed by atoms with E-state index >= 15 is 0 Å². The summed E-state index contributed by atoms with van der Waals surface area (Å²) in [6, 6.07) is 8.29. The van der Waals surface area contributed by atoms with Crippen LogP contribution in [0.5, 0.6) is 0 Å². The number of rotatable bonds is 3. The van der Waals surface area contributed by atoms with Crippen molar-refractivity contribution in [3.63, 3.8) is 0 Å². The van der Waals surface area contributed by atoms with Crippen molar-refractivity contribution in [2.24, 2.45) is 0 Å². The highest BCUT2D eigenvalue weighted by Crippen LogP contribution is 2.22. The number of piperazine rings is 1. The largest absolute Gasteiger partial charge is 0.351 e. The molecule has 6 nitrogen and oxygen atoms in total. The molecule has 0 amide bonds. The molecule has 1 fully saturated rings. The zero-order chi connectivity index (χ0) is 16.2. The highest BCUT2D eigenvalue weighted by Gasteiger charge is 2.22. The van der Waals surface area contributed by atoms with Crippen LogP contribution in [0.1, 0.15) is 22.5 Å². The van der Waals surface area contributed by atoms with E-state index < -0.39 is 0 Å². The smallest absolute Gasteiger partial charge is 0.169 e. The first-order valence-corrected chi connectivity index (χ1v) is 7.80. The second kappa shape index (κ2) is 6.71. The zero-order valence-electron chi connectivity index (χ0n) is 13.5. The van der Waals surface area contributed by atoms with Gasteiger partial charge in [-0.3, -0.25) is 9.88 Å². The minimum absolute atomic E-state index is 0.649. The Labute approximate surface area is 136 Å². The van der Waals surface area contributed by atoms with Crippen LogP contribution >= 0.6 is 0 Å². The lowest BCUT2D eigenvalue weighted by molar-refractivity contribution is 0.246. The summed E-state index contributed by atoms with van der Waals surface area (Å²) in [6.07, 6.45) is 1.83. The minimum atomic E-state index is 0.649. The molecular formula is C17H20N6. The van der Waals surface area contributed by atoms with Gasteiger partial charge >= 0.3 is 0 Å². The van der Waals surface area contributed by atoms with Gasteiger partial charge in [0.1, 0.15) is 11.6 Å². The normalized spacial score (nSPS) is 15.4. The lowest BCUT2D eigenvalue weighted by Gasteiger charge is -2.35. The van der Waals surface area contributed by atoms with Crippen molar-refractivity contribution in [1.29, 1.82) is 5.26 Å². The molecule has 118 valence electrons. The van der Waals surface area contributed by atoms with E-state index in [1.165, 1.54) is 0 Å². The maximum absolute atomic E-state index is 9.44. The van der Waals surface area contributed by atoms with Gasteiger partial charge in [-0.25, -0.2) is 0 Å². The Balaban J connectivity index is 1.68. The number of nitrogens with zero attached hydrogens (tertiary/aromatic N) is 6. The molecule has 0 spiro atoms. The van der Waals surface area contributed by atoms with E-state index in [0.29, 0.717) is 11.4 Å². The van der Waals surface area contributed by atoms with Gasteiger partial charge in [-0.1, -0.05) is 6.07 Å². The SMILES string of the molecule is Cc1nnc(N2CCN(Cc3ccccn3)CC2)c(C#N)c1C. The monoisotopic (exact) mass is 308 g/mol. The Hall–Kier alpha value is -2.52. The topological polar surface area (TPSA) is 68.9 Å². The summed E-state index contributed by atoms with van der Waals surface area (Å²) in [5.41, 5.74) is 3.48. The van der Waals surface area contributed by atoms with Crippen LogP contribution in [-0.4, -0.2) is 46.3 Å². The molecule has 1 aliphatic heterocycles. The maximum atomic E-state index is 9.44. The summed E-state index contributed by atoms with van der Waals surface area (Å²) in [7, 11) is 0. The Bertz CT molecular complexity index is 714.